The molecule has 2 aliphatic rings. The average molecular weight is 447 g/mol. The molecule has 2 saturated heterocycles. The number of ether oxygens (including phenoxy) is 2. The number of hydrogen-bond donors (Lipinski definition) is 1. The summed E-state index contributed by atoms with van der Waals surface area (Å²) in [5.74, 6) is 1.46. The van der Waals surface area contributed by atoms with E-state index in [0.29, 0.717) is 24.7 Å². The lowest BCUT2D eigenvalue weighted by Crippen LogP contribution is -2.37. The third-order valence-electron chi connectivity index (χ3n) is 6.38. The molecule has 5 rings (SSSR count). The number of fused-ring (bicyclic) bond motifs is 2. The van der Waals surface area contributed by atoms with Crippen molar-refractivity contribution >= 4 is 23.1 Å². The number of nitrogens with one attached hydrogen (secondary N) is 1. The van der Waals surface area contributed by atoms with Gasteiger partial charge in [0, 0.05) is 56.6 Å². The quantitative estimate of drug-likeness (QED) is 0.562. The van der Waals surface area contributed by atoms with Crippen LogP contribution in [0.1, 0.15) is 12.0 Å². The number of pyridine rings is 1. The minimum absolute atomic E-state index is 0.387. The van der Waals surface area contributed by atoms with Crippen molar-refractivity contribution in [2.24, 2.45) is 0 Å². The molecule has 0 saturated carbocycles. The van der Waals surface area contributed by atoms with Crippen LogP contribution in [0.2, 0.25) is 0 Å². The summed E-state index contributed by atoms with van der Waals surface area (Å²) >= 11 is 0. The molecular formula is C25H30N6O2. The molecule has 0 unspecified atom stereocenters. The molecule has 2 aromatic heterocycles. The van der Waals surface area contributed by atoms with E-state index in [1.807, 2.05) is 31.4 Å². The lowest BCUT2D eigenvalue weighted by Gasteiger charge is -2.30. The number of aromatic nitrogens is 3. The summed E-state index contributed by atoms with van der Waals surface area (Å²) < 4.78 is 10.9. The Bertz CT molecular complexity index is 1110. The number of aryl methyl sites for hydroxylation is 1. The highest BCUT2D eigenvalue weighted by atomic mass is 16.5. The zero-order chi connectivity index (χ0) is 22.8. The van der Waals surface area contributed by atoms with Gasteiger partial charge in [-0.1, -0.05) is 0 Å². The first-order valence-corrected chi connectivity index (χ1v) is 11.4. The number of likely N-dealkylation sites (N-methyl/N-ethyl adjacent to an activating group) is 1. The van der Waals surface area contributed by atoms with Gasteiger partial charge >= 0.3 is 0 Å². The van der Waals surface area contributed by atoms with E-state index >= 15 is 0 Å². The number of nitrogens with zero attached hydrogens (tertiary/aromatic N) is 5. The summed E-state index contributed by atoms with van der Waals surface area (Å²) in [6, 6.07) is 12.9. The smallest absolute Gasteiger partial charge is 0.227 e. The Morgan fingerprint density at radius 1 is 1.21 bits per heavy atom. The first-order valence-electron chi connectivity index (χ1n) is 11.4. The van der Waals surface area contributed by atoms with Gasteiger partial charge in [-0.15, -0.1) is 0 Å². The molecule has 0 aliphatic carbocycles. The molecule has 0 radical (unpaired) electrons. The van der Waals surface area contributed by atoms with E-state index < -0.39 is 0 Å². The van der Waals surface area contributed by atoms with Crippen molar-refractivity contribution < 1.29 is 9.47 Å². The average Bonchev–Trinajstić information content (AvgIpc) is 3.47. The van der Waals surface area contributed by atoms with Crippen LogP contribution in [0.5, 0.6) is 0 Å². The predicted octanol–water partition coefficient (Wildman–Crippen LogP) is 3.65. The Hall–Kier alpha value is -3.23. The molecule has 1 N–H and O–H groups in total. The van der Waals surface area contributed by atoms with Crippen molar-refractivity contribution in [3.63, 3.8) is 0 Å². The van der Waals surface area contributed by atoms with Crippen molar-refractivity contribution in [3.05, 3.63) is 54.4 Å². The fourth-order valence-electron chi connectivity index (χ4n) is 4.57. The third-order valence-corrected chi connectivity index (χ3v) is 6.38. The Labute approximate surface area is 194 Å². The van der Waals surface area contributed by atoms with Gasteiger partial charge in [0.2, 0.25) is 5.95 Å². The summed E-state index contributed by atoms with van der Waals surface area (Å²) in [4.78, 5) is 18.2. The van der Waals surface area contributed by atoms with Gasteiger partial charge < -0.3 is 24.6 Å². The maximum atomic E-state index is 5.75. The molecule has 0 amide bonds. The number of benzene rings is 1. The van der Waals surface area contributed by atoms with Gasteiger partial charge in [-0.3, -0.25) is 0 Å². The van der Waals surface area contributed by atoms with E-state index in [1.54, 1.807) is 13.3 Å². The second-order valence-corrected chi connectivity index (χ2v) is 8.71. The summed E-state index contributed by atoms with van der Waals surface area (Å²) in [6.07, 6.45) is 5.14. The van der Waals surface area contributed by atoms with E-state index in [0.717, 1.165) is 48.9 Å². The second kappa shape index (κ2) is 9.33. The Kier molecular flexibility index (Phi) is 6.11. The van der Waals surface area contributed by atoms with Crippen LogP contribution in [0, 0.1) is 6.92 Å². The summed E-state index contributed by atoms with van der Waals surface area (Å²) in [5.41, 5.74) is 5.27. The van der Waals surface area contributed by atoms with Gasteiger partial charge in [0.25, 0.3) is 0 Å². The zero-order valence-electron chi connectivity index (χ0n) is 19.4. The van der Waals surface area contributed by atoms with Crippen LogP contribution in [0.15, 0.2) is 48.8 Å². The van der Waals surface area contributed by atoms with Gasteiger partial charge in [-0.05, 0) is 55.3 Å². The van der Waals surface area contributed by atoms with Gasteiger partial charge in [-0.25, -0.2) is 15.0 Å². The first-order chi connectivity index (χ1) is 16.1. The van der Waals surface area contributed by atoms with Crippen LogP contribution >= 0.6 is 0 Å². The molecule has 8 nitrogen and oxygen atoms in total. The van der Waals surface area contributed by atoms with E-state index in [9.17, 15) is 0 Å². The number of hydrogen-bond acceptors (Lipinski definition) is 8. The molecular weight excluding hydrogens is 416 g/mol. The van der Waals surface area contributed by atoms with E-state index in [-0.39, 0.29) is 0 Å². The van der Waals surface area contributed by atoms with Gasteiger partial charge in [0.1, 0.15) is 5.82 Å². The standard InChI is InChI=1S/C25H30N6O2/c1-17-12-19(5-6-23(17)31-15-21-13-20(31)16-33-21)28-25-26-9-8-22(29-25)18-4-7-24(27-14-18)30(2)10-11-32-3/h4-9,12,14,20-21H,10-11,13,15-16H2,1-3H3,(H,26,28,29)/t20-,21-/m0/s1. The van der Waals surface area contributed by atoms with Crippen LogP contribution in [-0.4, -0.2) is 67.6 Å². The summed E-state index contributed by atoms with van der Waals surface area (Å²) in [7, 11) is 3.70. The van der Waals surface area contributed by atoms with Crippen molar-refractivity contribution in [1.29, 1.82) is 0 Å². The molecule has 172 valence electrons. The van der Waals surface area contributed by atoms with Crippen LogP contribution in [-0.2, 0) is 9.47 Å². The van der Waals surface area contributed by atoms with Crippen molar-refractivity contribution in [2.45, 2.75) is 25.5 Å². The predicted molar refractivity (Wildman–Crippen MR) is 130 cm³/mol. The summed E-state index contributed by atoms with van der Waals surface area (Å²) in [6.45, 7) is 5.42. The molecule has 2 bridgehead atoms. The number of rotatable bonds is 8. The van der Waals surface area contributed by atoms with Crippen molar-refractivity contribution in [1.82, 2.24) is 15.0 Å². The topological polar surface area (TPSA) is 75.6 Å². The highest BCUT2D eigenvalue weighted by Gasteiger charge is 2.39. The molecule has 3 aromatic rings. The Balaban J connectivity index is 1.28. The lowest BCUT2D eigenvalue weighted by molar-refractivity contribution is 0.0991. The molecule has 2 atom stereocenters. The highest BCUT2D eigenvalue weighted by molar-refractivity contribution is 5.66. The van der Waals surface area contributed by atoms with E-state index in [4.69, 9.17) is 14.5 Å². The minimum atomic E-state index is 0.387. The molecule has 4 heterocycles. The SMILES string of the molecule is COCCN(C)c1ccc(-c2ccnc(Nc3ccc(N4C[C@@H]5C[C@H]4CO5)c(C)c3)n2)cn1. The van der Waals surface area contributed by atoms with Gasteiger partial charge in [-0.2, -0.15) is 0 Å². The van der Waals surface area contributed by atoms with Crippen molar-refractivity contribution in [2.75, 3.05) is 55.6 Å². The fourth-order valence-corrected chi connectivity index (χ4v) is 4.57. The Morgan fingerprint density at radius 2 is 2.12 bits per heavy atom. The van der Waals surface area contributed by atoms with Gasteiger partial charge in [0.05, 0.1) is 31.1 Å². The van der Waals surface area contributed by atoms with E-state index in [1.165, 1.54) is 11.3 Å². The molecule has 2 aliphatic heterocycles. The fraction of sp³-hybridized carbons (Fsp3) is 0.400. The Morgan fingerprint density at radius 3 is 2.82 bits per heavy atom. The zero-order valence-corrected chi connectivity index (χ0v) is 19.4. The van der Waals surface area contributed by atoms with Crippen LogP contribution in [0.25, 0.3) is 11.3 Å². The second-order valence-electron chi connectivity index (χ2n) is 8.71. The molecule has 1 aromatic carbocycles. The first kappa shape index (κ1) is 21.6. The number of morpholine rings is 1. The monoisotopic (exact) mass is 446 g/mol. The normalized spacial score (nSPS) is 19.2. The molecule has 8 heteroatoms. The van der Waals surface area contributed by atoms with Crippen molar-refractivity contribution in [3.8, 4) is 11.3 Å². The molecule has 0 spiro atoms. The number of methoxy groups -OCH3 is 1. The maximum absolute atomic E-state index is 5.75. The van der Waals surface area contributed by atoms with E-state index in [2.05, 4.69) is 50.2 Å². The number of anilines is 4. The molecule has 33 heavy (non-hydrogen) atoms. The van der Waals surface area contributed by atoms with Gasteiger partial charge in [0.15, 0.2) is 0 Å². The third kappa shape index (κ3) is 4.62. The highest BCUT2D eigenvalue weighted by Crippen LogP contribution is 2.35. The minimum Gasteiger partial charge on any atom is -0.383 e. The van der Waals surface area contributed by atoms with Crippen LogP contribution in [0.3, 0.4) is 0 Å². The maximum Gasteiger partial charge on any atom is 0.227 e. The van der Waals surface area contributed by atoms with Crippen LogP contribution < -0.4 is 15.1 Å². The van der Waals surface area contributed by atoms with Crippen LogP contribution in [0.4, 0.5) is 23.1 Å². The molecule has 2 fully saturated rings. The lowest BCUT2D eigenvalue weighted by atomic mass is 10.1. The summed E-state index contributed by atoms with van der Waals surface area (Å²) in [5, 5.41) is 3.35. The largest absolute Gasteiger partial charge is 0.383 e.